The number of para-hydroxylation sites is 1. The summed E-state index contributed by atoms with van der Waals surface area (Å²) in [6.45, 7) is 3.72. The van der Waals surface area contributed by atoms with Gasteiger partial charge in [-0.3, -0.25) is 9.59 Å². The smallest absolute Gasteiger partial charge is 0.270 e. The summed E-state index contributed by atoms with van der Waals surface area (Å²) in [6, 6.07) is 11.8. The molecule has 2 aromatic carbocycles. The quantitative estimate of drug-likeness (QED) is 0.752. The van der Waals surface area contributed by atoms with E-state index in [9.17, 15) is 14.0 Å². The average molecular weight is 353 g/mol. The normalized spacial score (nSPS) is 10.8. The van der Waals surface area contributed by atoms with Crippen molar-refractivity contribution in [1.82, 2.24) is 9.88 Å². The number of rotatable bonds is 4. The molecule has 0 unspecified atom stereocenters. The molecule has 134 valence electrons. The van der Waals surface area contributed by atoms with Crippen LogP contribution in [0.15, 0.2) is 42.5 Å². The summed E-state index contributed by atoms with van der Waals surface area (Å²) in [5.74, 6) is -1.06. The van der Waals surface area contributed by atoms with E-state index in [0.717, 1.165) is 16.8 Å². The lowest BCUT2D eigenvalue weighted by Gasteiger charge is -2.17. The second-order valence-electron chi connectivity index (χ2n) is 6.36. The van der Waals surface area contributed by atoms with Crippen LogP contribution in [0.5, 0.6) is 0 Å². The van der Waals surface area contributed by atoms with Gasteiger partial charge >= 0.3 is 0 Å². The number of benzene rings is 2. The van der Waals surface area contributed by atoms with Gasteiger partial charge in [0.15, 0.2) is 0 Å². The summed E-state index contributed by atoms with van der Waals surface area (Å²) in [4.78, 5) is 29.0. The predicted octanol–water partition coefficient (Wildman–Crippen LogP) is 3.63. The number of fused-ring (bicyclic) bond motifs is 1. The van der Waals surface area contributed by atoms with E-state index in [1.165, 1.54) is 24.1 Å². The Labute approximate surface area is 150 Å². The van der Waals surface area contributed by atoms with Crippen LogP contribution >= 0.6 is 0 Å². The molecule has 0 saturated carbocycles. The van der Waals surface area contributed by atoms with Gasteiger partial charge in [-0.15, -0.1) is 0 Å². The molecule has 0 aliphatic carbocycles. The summed E-state index contributed by atoms with van der Waals surface area (Å²) in [5.41, 5.74) is 3.46. The molecule has 26 heavy (non-hydrogen) atoms. The van der Waals surface area contributed by atoms with E-state index in [2.05, 4.69) is 10.3 Å². The molecule has 2 amide bonds. The molecular formula is C20H20FN3O2. The lowest BCUT2D eigenvalue weighted by Crippen LogP contribution is -2.35. The molecule has 6 heteroatoms. The Morgan fingerprint density at radius 1 is 1.12 bits per heavy atom. The van der Waals surface area contributed by atoms with Crippen molar-refractivity contribution in [3.63, 3.8) is 0 Å². The number of nitrogens with one attached hydrogen (secondary N) is 2. The molecule has 3 aromatic rings. The maximum absolute atomic E-state index is 13.8. The van der Waals surface area contributed by atoms with Gasteiger partial charge in [0.2, 0.25) is 5.91 Å². The number of anilines is 1. The number of carbonyl (C=O) groups excluding carboxylic acids is 2. The van der Waals surface area contributed by atoms with Gasteiger partial charge in [0.25, 0.3) is 5.91 Å². The molecule has 1 heterocycles. The van der Waals surface area contributed by atoms with Gasteiger partial charge in [-0.1, -0.05) is 24.3 Å². The standard InChI is InChI=1S/C20H20FN3O2/c1-12-6-4-7-13(2)19(12)23-18(25)11-24(3)20(26)17-10-14-15(21)8-5-9-16(14)22-17/h4-10,22H,11H2,1-3H3,(H,23,25). The number of hydrogen-bond acceptors (Lipinski definition) is 2. The number of aryl methyl sites for hydroxylation is 2. The lowest BCUT2D eigenvalue weighted by molar-refractivity contribution is -0.116. The number of nitrogens with zero attached hydrogens (tertiary/aromatic N) is 1. The molecule has 0 bridgehead atoms. The molecule has 0 saturated heterocycles. The van der Waals surface area contributed by atoms with Gasteiger partial charge in [-0.05, 0) is 43.2 Å². The molecule has 3 rings (SSSR count). The first-order chi connectivity index (χ1) is 12.4. The van der Waals surface area contributed by atoms with Crippen LogP contribution in [0.4, 0.5) is 10.1 Å². The highest BCUT2D eigenvalue weighted by molar-refractivity contribution is 6.01. The summed E-state index contributed by atoms with van der Waals surface area (Å²) in [6.07, 6.45) is 0. The molecule has 0 fully saturated rings. The van der Waals surface area contributed by atoms with Gasteiger partial charge in [0.05, 0.1) is 6.54 Å². The van der Waals surface area contributed by atoms with Crippen LogP contribution in [-0.4, -0.2) is 35.3 Å². The Morgan fingerprint density at radius 3 is 2.42 bits per heavy atom. The number of likely N-dealkylation sites (N-methyl/N-ethyl adjacent to an activating group) is 1. The topological polar surface area (TPSA) is 65.2 Å². The minimum Gasteiger partial charge on any atom is -0.350 e. The van der Waals surface area contributed by atoms with Crippen molar-refractivity contribution in [3.05, 3.63) is 65.1 Å². The van der Waals surface area contributed by atoms with Crippen molar-refractivity contribution in [3.8, 4) is 0 Å². The van der Waals surface area contributed by atoms with E-state index in [4.69, 9.17) is 0 Å². The number of halogens is 1. The zero-order valence-corrected chi connectivity index (χ0v) is 14.9. The fraction of sp³-hybridized carbons (Fsp3) is 0.200. The minimum absolute atomic E-state index is 0.107. The van der Waals surface area contributed by atoms with Crippen LogP contribution in [-0.2, 0) is 4.79 Å². The van der Waals surface area contributed by atoms with Crippen LogP contribution in [0.2, 0.25) is 0 Å². The third-order valence-electron chi connectivity index (χ3n) is 4.31. The van der Waals surface area contributed by atoms with Gasteiger partial charge in [0, 0.05) is 23.6 Å². The fourth-order valence-corrected chi connectivity index (χ4v) is 2.92. The molecule has 5 nitrogen and oxygen atoms in total. The van der Waals surface area contributed by atoms with Crippen LogP contribution in [0.3, 0.4) is 0 Å². The monoisotopic (exact) mass is 353 g/mol. The van der Waals surface area contributed by atoms with Crippen molar-refractivity contribution in [2.24, 2.45) is 0 Å². The molecule has 0 atom stereocenters. The largest absolute Gasteiger partial charge is 0.350 e. The Hall–Kier alpha value is -3.15. The zero-order chi connectivity index (χ0) is 18.8. The van der Waals surface area contributed by atoms with Gasteiger partial charge in [-0.2, -0.15) is 0 Å². The number of aromatic nitrogens is 1. The Bertz CT molecular complexity index is 974. The summed E-state index contributed by atoms with van der Waals surface area (Å²) >= 11 is 0. The van der Waals surface area contributed by atoms with Crippen LogP contribution in [0.25, 0.3) is 10.9 Å². The average Bonchev–Trinajstić information content (AvgIpc) is 3.03. The first-order valence-electron chi connectivity index (χ1n) is 8.25. The Kier molecular flexibility index (Phi) is 4.75. The maximum Gasteiger partial charge on any atom is 0.270 e. The summed E-state index contributed by atoms with van der Waals surface area (Å²) < 4.78 is 13.8. The van der Waals surface area contributed by atoms with Gasteiger partial charge < -0.3 is 15.2 Å². The maximum atomic E-state index is 13.8. The van der Waals surface area contributed by atoms with E-state index >= 15 is 0 Å². The van der Waals surface area contributed by atoms with Crippen molar-refractivity contribution >= 4 is 28.4 Å². The molecule has 0 radical (unpaired) electrons. The zero-order valence-electron chi connectivity index (χ0n) is 14.9. The highest BCUT2D eigenvalue weighted by Gasteiger charge is 2.18. The summed E-state index contributed by atoms with van der Waals surface area (Å²) in [7, 11) is 1.54. The number of amides is 2. The van der Waals surface area contributed by atoms with Gasteiger partial charge in [-0.25, -0.2) is 4.39 Å². The predicted molar refractivity (Wildman–Crippen MR) is 99.8 cm³/mol. The number of hydrogen-bond donors (Lipinski definition) is 2. The van der Waals surface area contributed by atoms with E-state index in [-0.39, 0.29) is 24.1 Å². The van der Waals surface area contributed by atoms with Crippen molar-refractivity contribution < 1.29 is 14.0 Å². The van der Waals surface area contributed by atoms with Crippen molar-refractivity contribution in [2.75, 3.05) is 18.9 Å². The van der Waals surface area contributed by atoms with E-state index in [1.54, 1.807) is 12.1 Å². The van der Waals surface area contributed by atoms with Gasteiger partial charge in [0.1, 0.15) is 11.5 Å². The van der Waals surface area contributed by atoms with E-state index < -0.39 is 5.82 Å². The Balaban J connectivity index is 1.72. The minimum atomic E-state index is -0.395. The molecule has 2 N–H and O–H groups in total. The second kappa shape index (κ2) is 7.00. The highest BCUT2D eigenvalue weighted by Crippen LogP contribution is 2.20. The van der Waals surface area contributed by atoms with Crippen molar-refractivity contribution in [1.29, 1.82) is 0 Å². The highest BCUT2D eigenvalue weighted by atomic mass is 19.1. The third kappa shape index (κ3) is 3.44. The van der Waals surface area contributed by atoms with E-state index in [1.807, 2.05) is 32.0 Å². The fourth-order valence-electron chi connectivity index (χ4n) is 2.92. The molecule has 0 spiro atoms. The molecule has 0 aliphatic heterocycles. The number of H-pyrrole nitrogens is 1. The van der Waals surface area contributed by atoms with E-state index in [0.29, 0.717) is 10.9 Å². The van der Waals surface area contributed by atoms with Crippen LogP contribution in [0.1, 0.15) is 21.6 Å². The Morgan fingerprint density at radius 2 is 1.77 bits per heavy atom. The molecule has 0 aliphatic rings. The van der Waals surface area contributed by atoms with Crippen LogP contribution in [0, 0.1) is 19.7 Å². The molecular weight excluding hydrogens is 333 g/mol. The SMILES string of the molecule is Cc1cccc(C)c1NC(=O)CN(C)C(=O)c1cc2c(F)cccc2[nH]1. The first-order valence-corrected chi connectivity index (χ1v) is 8.25. The second-order valence-corrected chi connectivity index (χ2v) is 6.36. The summed E-state index contributed by atoms with van der Waals surface area (Å²) in [5, 5.41) is 3.20. The van der Waals surface area contributed by atoms with Crippen molar-refractivity contribution in [2.45, 2.75) is 13.8 Å². The lowest BCUT2D eigenvalue weighted by atomic mass is 10.1. The van der Waals surface area contributed by atoms with Crippen LogP contribution < -0.4 is 5.32 Å². The molecule has 1 aromatic heterocycles. The third-order valence-corrected chi connectivity index (χ3v) is 4.31. The first kappa shape index (κ1) is 17.7. The number of carbonyl (C=O) groups is 2. The number of aromatic amines is 1.